The first kappa shape index (κ1) is 46.3. The van der Waals surface area contributed by atoms with Crippen LogP contribution in [0.5, 0.6) is 0 Å². The molecular weight excluding hydrogens is 791 g/mol. The fourth-order valence-electron chi connectivity index (χ4n) is 18.2. The second-order valence-corrected chi connectivity index (χ2v) is 25.6. The van der Waals surface area contributed by atoms with E-state index >= 15 is 0 Å². The van der Waals surface area contributed by atoms with Crippen molar-refractivity contribution >= 4 is 22.0 Å². The molecule has 8 fully saturated rings. The first-order chi connectivity index (χ1) is 28.7. The van der Waals surface area contributed by atoms with E-state index in [-0.39, 0.29) is 70.4 Å². The molecule has 8 saturated carbocycles. The van der Waals surface area contributed by atoms with Crippen molar-refractivity contribution < 1.29 is 42.6 Å². The number of hydrogen-bond donors (Lipinski definition) is 5. The lowest BCUT2D eigenvalue weighted by Gasteiger charge is -2.62. The molecule has 5 N–H and O–H groups in total. The van der Waals surface area contributed by atoms with E-state index in [1.54, 1.807) is 0 Å². The van der Waals surface area contributed by atoms with Crippen molar-refractivity contribution in [2.75, 3.05) is 12.3 Å². The second-order valence-electron chi connectivity index (χ2n) is 24.0. The number of fused-ring (bicyclic) bond motifs is 10. The zero-order chi connectivity index (χ0) is 43.9. The molecule has 8 aliphatic carbocycles. The van der Waals surface area contributed by atoms with Gasteiger partial charge in [0, 0.05) is 19.4 Å². The number of aliphatic hydroxyl groups is 3. The van der Waals surface area contributed by atoms with Gasteiger partial charge in [-0.1, -0.05) is 41.5 Å². The monoisotopic (exact) mass is 874 g/mol. The summed E-state index contributed by atoms with van der Waals surface area (Å²) >= 11 is 0. The summed E-state index contributed by atoms with van der Waals surface area (Å²) in [5.41, 5.74) is 0.669. The Labute approximate surface area is 368 Å². The molecule has 0 spiro atoms. The Kier molecular flexibility index (Phi) is 13.0. The van der Waals surface area contributed by atoms with Crippen LogP contribution in [0.2, 0.25) is 0 Å². The van der Waals surface area contributed by atoms with E-state index in [0.29, 0.717) is 77.9 Å². The molecule has 0 aromatic heterocycles. The van der Waals surface area contributed by atoms with Crippen molar-refractivity contribution in [3.05, 3.63) is 0 Å². The van der Waals surface area contributed by atoms with Crippen LogP contribution in [-0.2, 0) is 24.4 Å². The molecule has 8 rings (SSSR count). The highest BCUT2D eigenvalue weighted by Gasteiger charge is 2.65. The van der Waals surface area contributed by atoms with Gasteiger partial charge in [0.2, 0.25) is 5.91 Å². The number of carbonyl (C=O) groups is 2. The smallest absolute Gasteiger partial charge is 0.306 e. The summed E-state index contributed by atoms with van der Waals surface area (Å²) in [5, 5.41) is 36.8. The zero-order valence-corrected chi connectivity index (χ0v) is 39.3. The van der Waals surface area contributed by atoms with Gasteiger partial charge < -0.3 is 25.4 Å². The van der Waals surface area contributed by atoms with Crippen LogP contribution in [0.15, 0.2) is 0 Å². The third-order valence-electron chi connectivity index (χ3n) is 21.4. The molecule has 0 bridgehead atoms. The minimum absolute atomic E-state index is 0.0608. The van der Waals surface area contributed by atoms with Gasteiger partial charge in [0.1, 0.15) is 6.10 Å². The highest BCUT2D eigenvalue weighted by Crippen LogP contribution is 2.70. The van der Waals surface area contributed by atoms with Crippen molar-refractivity contribution in [1.29, 1.82) is 0 Å². The van der Waals surface area contributed by atoms with Crippen molar-refractivity contribution in [3.63, 3.8) is 0 Å². The van der Waals surface area contributed by atoms with Gasteiger partial charge >= 0.3 is 5.97 Å². The summed E-state index contributed by atoms with van der Waals surface area (Å²) in [7, 11) is -4.10. The molecule has 348 valence electrons. The Morgan fingerprint density at radius 2 is 1.11 bits per heavy atom. The Morgan fingerprint density at radius 1 is 0.639 bits per heavy atom. The van der Waals surface area contributed by atoms with E-state index in [9.17, 15) is 33.3 Å². The number of aliphatic hydroxyl groups excluding tert-OH is 3. The SMILES string of the molecule is C[C@H](CCC(=O)NCCS(=O)(=O)O)[C@H]1CC[C@H]2[C@@H]3[C@@H](O)CC4CC(OC(=O)CC[C@@H](C)[C@H]5CC[C@H]6[C@@H]7[C@@H](O)CC8C[C@H](O)CC[C@]8(C)[C@H]7CC[C@]56C)CC[C@]4(C)[C@H]3CC[C@]12C. The van der Waals surface area contributed by atoms with Crippen molar-refractivity contribution in [2.45, 2.75) is 194 Å². The Bertz CT molecular complexity index is 1720. The maximum Gasteiger partial charge on any atom is 0.306 e. The molecule has 10 nitrogen and oxygen atoms in total. The normalized spacial score (nSPS) is 48.9. The molecule has 1 amide bonds. The fourth-order valence-corrected chi connectivity index (χ4v) is 18.6. The number of rotatable bonds is 12. The predicted molar refractivity (Wildman–Crippen MR) is 235 cm³/mol. The van der Waals surface area contributed by atoms with Crippen LogP contribution >= 0.6 is 0 Å². The number of amides is 1. The molecular formula is C50H83NO9S. The van der Waals surface area contributed by atoms with Gasteiger partial charge in [0.15, 0.2) is 0 Å². The van der Waals surface area contributed by atoms with Gasteiger partial charge in [-0.2, -0.15) is 8.42 Å². The van der Waals surface area contributed by atoms with Crippen molar-refractivity contribution in [1.82, 2.24) is 5.32 Å². The fraction of sp³-hybridized carbons (Fsp3) is 0.960. The highest BCUT2D eigenvalue weighted by molar-refractivity contribution is 7.85. The lowest BCUT2D eigenvalue weighted by Crippen LogP contribution is -2.58. The maximum absolute atomic E-state index is 13.6. The molecule has 0 aliphatic heterocycles. The Hall–Kier alpha value is -1.27. The molecule has 0 radical (unpaired) electrons. The summed E-state index contributed by atoms with van der Waals surface area (Å²) < 4.78 is 37.4. The zero-order valence-electron chi connectivity index (χ0n) is 38.5. The molecule has 0 heterocycles. The van der Waals surface area contributed by atoms with Gasteiger partial charge in [-0.05, 0) is 208 Å². The molecule has 20 atom stereocenters. The third-order valence-corrected chi connectivity index (χ3v) is 22.1. The molecule has 11 heteroatoms. The number of nitrogens with one attached hydrogen (secondary N) is 1. The topological polar surface area (TPSA) is 170 Å². The van der Waals surface area contributed by atoms with Crippen LogP contribution in [0.1, 0.15) is 170 Å². The summed E-state index contributed by atoms with van der Waals surface area (Å²) in [6.07, 6.45) is 17.9. The van der Waals surface area contributed by atoms with Gasteiger partial charge in [0.05, 0.1) is 24.1 Å². The van der Waals surface area contributed by atoms with Gasteiger partial charge in [-0.3, -0.25) is 14.1 Å². The quantitative estimate of drug-likeness (QED) is 0.0956. The third kappa shape index (κ3) is 8.43. The van der Waals surface area contributed by atoms with E-state index < -0.39 is 15.9 Å². The standard InChI is InChI=1S/C50H83NO9S/c1-29(7-13-43(55)51-23-24-61(57,58)59)35-9-11-38-46-40(18-22-49(35,38)5)48(4)20-16-34(26-32(48)28-42(46)54)60-44(56)14-8-30(2)36-10-12-37-45-39(17-21-50(36,37)6)47(3)19-15-33(52)25-31(47)27-41(45)53/h29-42,45-46,52-54H,7-28H2,1-6H3,(H,51,55)(H,57,58,59)/t29-,30-,31?,32?,33-,34?,35-,36-,37+,38+,39+,40+,41+,42+,45+,46+,47+,48+,49-,50-/m1/s1. The Balaban J connectivity index is 0.817. The molecule has 0 aromatic rings. The van der Waals surface area contributed by atoms with Crippen molar-refractivity contribution in [2.24, 2.45) is 92.7 Å². The number of ether oxygens (including phenoxy) is 1. The van der Waals surface area contributed by atoms with Gasteiger partial charge in [0.25, 0.3) is 10.1 Å². The Morgan fingerprint density at radius 3 is 1.66 bits per heavy atom. The van der Waals surface area contributed by atoms with Crippen LogP contribution in [0.3, 0.4) is 0 Å². The van der Waals surface area contributed by atoms with E-state index in [1.165, 1.54) is 25.7 Å². The minimum atomic E-state index is -4.10. The minimum Gasteiger partial charge on any atom is -0.462 e. The number of esters is 1. The summed E-state index contributed by atoms with van der Waals surface area (Å²) in [6.45, 7) is 14.5. The maximum atomic E-state index is 13.6. The highest BCUT2D eigenvalue weighted by atomic mass is 32.2. The van der Waals surface area contributed by atoms with Crippen LogP contribution in [0.25, 0.3) is 0 Å². The first-order valence-electron chi connectivity index (χ1n) is 25.1. The lowest BCUT2D eigenvalue weighted by atomic mass is 9.43. The van der Waals surface area contributed by atoms with Crippen LogP contribution in [0.4, 0.5) is 0 Å². The van der Waals surface area contributed by atoms with Crippen LogP contribution < -0.4 is 5.32 Å². The number of hydrogen-bond acceptors (Lipinski definition) is 8. The second kappa shape index (κ2) is 17.2. The lowest BCUT2D eigenvalue weighted by molar-refractivity contribution is -0.183. The van der Waals surface area contributed by atoms with Crippen LogP contribution in [-0.4, -0.2) is 76.9 Å². The van der Waals surface area contributed by atoms with Crippen molar-refractivity contribution in [3.8, 4) is 0 Å². The molecule has 3 unspecified atom stereocenters. The van der Waals surface area contributed by atoms with Gasteiger partial charge in [-0.25, -0.2) is 0 Å². The summed E-state index contributed by atoms with van der Waals surface area (Å²) in [6, 6.07) is 0. The van der Waals surface area contributed by atoms with Gasteiger partial charge in [-0.15, -0.1) is 0 Å². The first-order valence-corrected chi connectivity index (χ1v) is 26.7. The van der Waals surface area contributed by atoms with E-state index in [0.717, 1.165) is 89.9 Å². The molecule has 61 heavy (non-hydrogen) atoms. The van der Waals surface area contributed by atoms with Crippen LogP contribution in [0, 0.1) is 92.7 Å². The molecule has 0 saturated heterocycles. The average Bonchev–Trinajstić information content (AvgIpc) is 3.73. The van der Waals surface area contributed by atoms with E-state index in [4.69, 9.17) is 9.29 Å². The predicted octanol–water partition coefficient (Wildman–Crippen LogP) is 8.36. The summed E-state index contributed by atoms with van der Waals surface area (Å²) in [4.78, 5) is 26.1. The largest absolute Gasteiger partial charge is 0.462 e. The van der Waals surface area contributed by atoms with E-state index in [2.05, 4.69) is 46.9 Å². The molecule has 8 aliphatic rings. The summed E-state index contributed by atoms with van der Waals surface area (Å²) in [5.74, 6) is 4.46. The van der Waals surface area contributed by atoms with E-state index in [1.807, 2.05) is 0 Å². The number of carbonyl (C=O) groups excluding carboxylic acids is 2. The molecule has 0 aromatic carbocycles. The average molecular weight is 874 g/mol.